The third-order valence-electron chi connectivity index (χ3n) is 1.43. The number of hydrogen-bond acceptors (Lipinski definition) is 2. The van der Waals surface area contributed by atoms with Crippen LogP contribution >= 0.6 is 0 Å². The number of benzene rings is 1. The van der Waals surface area contributed by atoms with E-state index in [0.717, 1.165) is 0 Å². The van der Waals surface area contributed by atoms with Crippen molar-refractivity contribution >= 4 is 17.8 Å². The van der Waals surface area contributed by atoms with Gasteiger partial charge in [-0.3, -0.25) is 0 Å². The molecule has 0 aliphatic rings. The minimum Gasteiger partial charge on any atom is -0.464 e. The van der Waals surface area contributed by atoms with E-state index in [4.69, 9.17) is 10.8 Å². The van der Waals surface area contributed by atoms with E-state index in [1.807, 2.05) is 0 Å². The van der Waals surface area contributed by atoms with E-state index in [1.54, 1.807) is 18.2 Å². The van der Waals surface area contributed by atoms with Gasteiger partial charge in [0.25, 0.3) is 0 Å². The zero-order chi connectivity index (χ0) is 9.84. The Bertz CT molecular complexity index is 309. The van der Waals surface area contributed by atoms with E-state index in [9.17, 15) is 9.59 Å². The van der Waals surface area contributed by atoms with Gasteiger partial charge >= 0.3 is 12.1 Å². The van der Waals surface area contributed by atoms with E-state index in [1.165, 1.54) is 12.1 Å². The summed E-state index contributed by atoms with van der Waals surface area (Å²) in [6, 6.07) is 6.91. The third kappa shape index (κ3) is 1.96. The molecule has 3 N–H and O–H groups in total. The number of carbonyl (C=O) groups excluding carboxylic acids is 1. The predicted octanol–water partition coefficient (Wildman–Crippen LogP) is 1.25. The summed E-state index contributed by atoms with van der Waals surface area (Å²) in [6.45, 7) is 0. The Kier molecular flexibility index (Phi) is 2.49. The average Bonchev–Trinajstić information content (AvgIpc) is 2.04. The molecule has 0 fully saturated rings. The number of carbonyl (C=O) groups is 2. The molecule has 5 nitrogen and oxygen atoms in total. The van der Waals surface area contributed by atoms with Crippen LogP contribution in [0, 0.1) is 0 Å². The lowest BCUT2D eigenvalue weighted by Crippen LogP contribution is -2.39. The van der Waals surface area contributed by atoms with Crippen molar-refractivity contribution in [2.24, 2.45) is 5.73 Å². The summed E-state index contributed by atoms with van der Waals surface area (Å²) in [7, 11) is 0. The van der Waals surface area contributed by atoms with Crippen LogP contribution < -0.4 is 10.6 Å². The summed E-state index contributed by atoms with van der Waals surface area (Å²) < 4.78 is 0. The topological polar surface area (TPSA) is 83.6 Å². The molecule has 68 valence electrons. The van der Waals surface area contributed by atoms with Crippen molar-refractivity contribution in [3.8, 4) is 0 Å². The maximum atomic E-state index is 10.7. The summed E-state index contributed by atoms with van der Waals surface area (Å²) in [5.41, 5.74) is 5.11. The fraction of sp³-hybridized carbons (Fsp3) is 0. The van der Waals surface area contributed by atoms with Gasteiger partial charge in [-0.1, -0.05) is 18.2 Å². The number of carboxylic acid groups (broad SMARTS) is 1. The van der Waals surface area contributed by atoms with E-state index >= 15 is 0 Å². The normalized spacial score (nSPS) is 9.23. The van der Waals surface area contributed by atoms with Gasteiger partial charge in [0, 0.05) is 0 Å². The van der Waals surface area contributed by atoms with Crippen LogP contribution in [0.25, 0.3) is 0 Å². The fourth-order valence-electron chi connectivity index (χ4n) is 0.909. The molecule has 1 aromatic rings. The summed E-state index contributed by atoms with van der Waals surface area (Å²) >= 11 is 0. The lowest BCUT2D eigenvalue weighted by molar-refractivity contribution is 0.200. The van der Waals surface area contributed by atoms with Crippen LogP contribution in [0.3, 0.4) is 0 Å². The first-order valence-electron chi connectivity index (χ1n) is 3.50. The number of rotatable bonds is 1. The number of nitrogens with zero attached hydrogens (tertiary/aromatic N) is 1. The van der Waals surface area contributed by atoms with Gasteiger partial charge in [-0.2, -0.15) is 4.90 Å². The molecule has 0 aliphatic heterocycles. The van der Waals surface area contributed by atoms with Crippen molar-refractivity contribution in [2.45, 2.75) is 0 Å². The Hall–Kier alpha value is -2.04. The maximum absolute atomic E-state index is 10.7. The molecular weight excluding hydrogens is 172 g/mol. The molecule has 1 aromatic carbocycles. The molecule has 0 unspecified atom stereocenters. The van der Waals surface area contributed by atoms with Gasteiger partial charge < -0.3 is 10.8 Å². The van der Waals surface area contributed by atoms with Gasteiger partial charge in [-0.05, 0) is 12.1 Å². The van der Waals surface area contributed by atoms with E-state index in [0.29, 0.717) is 4.90 Å². The summed E-state index contributed by atoms with van der Waals surface area (Å²) in [6.07, 6.45) is -1.39. The van der Waals surface area contributed by atoms with Gasteiger partial charge in [0.2, 0.25) is 0 Å². The Morgan fingerprint density at radius 1 is 1.23 bits per heavy atom. The van der Waals surface area contributed by atoms with E-state index in [2.05, 4.69) is 0 Å². The molecule has 13 heavy (non-hydrogen) atoms. The molecule has 0 spiro atoms. The van der Waals surface area contributed by atoms with Crippen LogP contribution in [-0.4, -0.2) is 17.2 Å². The molecule has 1 rings (SSSR count). The minimum atomic E-state index is -1.39. The number of imide groups is 1. The van der Waals surface area contributed by atoms with Crippen molar-refractivity contribution in [1.82, 2.24) is 0 Å². The van der Waals surface area contributed by atoms with Gasteiger partial charge in [-0.15, -0.1) is 0 Å². The van der Waals surface area contributed by atoms with Crippen LogP contribution in [0.2, 0.25) is 0 Å². The van der Waals surface area contributed by atoms with Crippen molar-refractivity contribution in [3.05, 3.63) is 30.3 Å². The largest absolute Gasteiger partial charge is 0.464 e. The Morgan fingerprint density at radius 2 is 1.77 bits per heavy atom. The highest BCUT2D eigenvalue weighted by Gasteiger charge is 2.18. The summed E-state index contributed by atoms with van der Waals surface area (Å²) in [4.78, 5) is 21.7. The number of amides is 3. The molecule has 0 radical (unpaired) electrons. The minimum absolute atomic E-state index is 0.238. The molecular formula is C8H8N2O3. The second-order valence-electron chi connectivity index (χ2n) is 2.29. The third-order valence-corrected chi connectivity index (χ3v) is 1.43. The average molecular weight is 180 g/mol. The van der Waals surface area contributed by atoms with Crippen LogP contribution in [0.1, 0.15) is 0 Å². The van der Waals surface area contributed by atoms with E-state index in [-0.39, 0.29) is 5.69 Å². The predicted molar refractivity (Wildman–Crippen MR) is 46.5 cm³/mol. The molecule has 3 amide bonds. The fourth-order valence-corrected chi connectivity index (χ4v) is 0.909. The Labute approximate surface area is 74.4 Å². The number of urea groups is 1. The zero-order valence-electron chi connectivity index (χ0n) is 6.68. The Balaban J connectivity index is 3.03. The number of hydrogen-bond donors (Lipinski definition) is 2. The lowest BCUT2D eigenvalue weighted by atomic mass is 10.3. The second-order valence-corrected chi connectivity index (χ2v) is 2.29. The zero-order valence-corrected chi connectivity index (χ0v) is 6.68. The molecule has 0 bridgehead atoms. The first-order valence-corrected chi connectivity index (χ1v) is 3.50. The smallest absolute Gasteiger partial charge is 0.420 e. The first-order chi connectivity index (χ1) is 6.13. The lowest BCUT2D eigenvalue weighted by Gasteiger charge is -2.13. The van der Waals surface area contributed by atoms with Crippen LogP contribution in [0.5, 0.6) is 0 Å². The summed E-state index contributed by atoms with van der Waals surface area (Å²) in [5, 5.41) is 8.62. The van der Waals surface area contributed by atoms with E-state index < -0.39 is 12.1 Å². The van der Waals surface area contributed by atoms with Crippen molar-refractivity contribution < 1.29 is 14.7 Å². The van der Waals surface area contributed by atoms with Crippen molar-refractivity contribution in [3.63, 3.8) is 0 Å². The maximum Gasteiger partial charge on any atom is 0.420 e. The van der Waals surface area contributed by atoms with Crippen LogP contribution in [0.4, 0.5) is 15.3 Å². The number of anilines is 1. The molecule has 5 heteroatoms. The quantitative estimate of drug-likeness (QED) is 0.682. The van der Waals surface area contributed by atoms with Crippen molar-refractivity contribution in [2.75, 3.05) is 4.90 Å². The SMILES string of the molecule is NC(=O)N(C(=O)O)c1ccccc1. The molecule has 0 aliphatic carbocycles. The van der Waals surface area contributed by atoms with Crippen LogP contribution in [-0.2, 0) is 0 Å². The Morgan fingerprint density at radius 3 is 2.15 bits per heavy atom. The molecule has 0 saturated carbocycles. The highest BCUT2D eigenvalue weighted by atomic mass is 16.4. The molecule has 0 heterocycles. The van der Waals surface area contributed by atoms with Gasteiger partial charge in [0.1, 0.15) is 0 Å². The first kappa shape index (κ1) is 9.05. The second kappa shape index (κ2) is 3.57. The molecule has 0 aromatic heterocycles. The standard InChI is InChI=1S/C8H8N2O3/c9-7(11)10(8(12)13)6-4-2-1-3-5-6/h1-5H,(H2,9,11)(H,12,13). The number of nitrogens with two attached hydrogens (primary N) is 1. The number of primary amides is 1. The van der Waals surface area contributed by atoms with Crippen LogP contribution in [0.15, 0.2) is 30.3 Å². The highest BCUT2D eigenvalue weighted by Crippen LogP contribution is 2.12. The highest BCUT2D eigenvalue weighted by molar-refractivity contribution is 6.10. The molecule has 0 atom stereocenters. The van der Waals surface area contributed by atoms with Gasteiger partial charge in [0.05, 0.1) is 5.69 Å². The number of para-hydroxylation sites is 1. The van der Waals surface area contributed by atoms with Crippen molar-refractivity contribution in [1.29, 1.82) is 0 Å². The van der Waals surface area contributed by atoms with Gasteiger partial charge in [0.15, 0.2) is 0 Å². The van der Waals surface area contributed by atoms with Gasteiger partial charge in [-0.25, -0.2) is 9.59 Å². The monoisotopic (exact) mass is 180 g/mol. The summed E-state index contributed by atoms with van der Waals surface area (Å²) in [5.74, 6) is 0. The molecule has 0 saturated heterocycles.